The second kappa shape index (κ2) is 3.04. The zero-order chi connectivity index (χ0) is 8.59. The van der Waals surface area contributed by atoms with Crippen LogP contribution in [0.2, 0.25) is 0 Å². The van der Waals surface area contributed by atoms with E-state index in [9.17, 15) is 0 Å². The molecule has 11 heavy (non-hydrogen) atoms. The summed E-state index contributed by atoms with van der Waals surface area (Å²) in [6, 6.07) is 0. The van der Waals surface area contributed by atoms with E-state index in [1.54, 1.807) is 6.92 Å². The lowest BCUT2D eigenvalue weighted by atomic mass is 9.99. The Morgan fingerprint density at radius 1 is 1.09 bits per heavy atom. The molecule has 1 rings (SSSR count). The van der Waals surface area contributed by atoms with Gasteiger partial charge in [0.25, 0.3) is 0 Å². The molecule has 0 aromatic heterocycles. The number of aliphatic hydroxyl groups excluding tert-OH is 3. The Balaban J connectivity index is 2.63. The molecule has 66 valence electrons. The first-order valence-corrected chi connectivity index (χ1v) is 3.49. The normalized spacial score (nSPS) is 52.6. The summed E-state index contributed by atoms with van der Waals surface area (Å²) in [5.41, 5.74) is 5.28. The Labute approximate surface area is 64.4 Å². The van der Waals surface area contributed by atoms with E-state index in [-0.39, 0.29) is 0 Å². The van der Waals surface area contributed by atoms with Crippen LogP contribution in [0, 0.1) is 0 Å². The summed E-state index contributed by atoms with van der Waals surface area (Å²) < 4.78 is 4.90. The molecule has 1 fully saturated rings. The SMILES string of the molecule is C[C@@H]1OC(N)[C@@H](O)[C@H](O)[C@@H]1O. The molecule has 0 spiro atoms. The molecule has 0 bridgehead atoms. The molecule has 1 aliphatic rings. The molecule has 1 aliphatic heterocycles. The van der Waals surface area contributed by atoms with Crippen molar-refractivity contribution < 1.29 is 20.1 Å². The molecule has 1 saturated heterocycles. The van der Waals surface area contributed by atoms with Gasteiger partial charge in [-0.3, -0.25) is 0 Å². The molecule has 0 aromatic rings. The van der Waals surface area contributed by atoms with Gasteiger partial charge in [-0.1, -0.05) is 0 Å². The summed E-state index contributed by atoms with van der Waals surface area (Å²) in [7, 11) is 0. The lowest BCUT2D eigenvalue weighted by Gasteiger charge is -2.37. The summed E-state index contributed by atoms with van der Waals surface area (Å²) in [6.07, 6.45) is -4.94. The Morgan fingerprint density at radius 3 is 2.18 bits per heavy atom. The molecule has 5 atom stereocenters. The van der Waals surface area contributed by atoms with Gasteiger partial charge < -0.3 is 25.8 Å². The lowest BCUT2D eigenvalue weighted by Crippen LogP contribution is -2.59. The van der Waals surface area contributed by atoms with E-state index in [0.717, 1.165) is 0 Å². The van der Waals surface area contributed by atoms with Crippen molar-refractivity contribution >= 4 is 0 Å². The number of rotatable bonds is 0. The highest BCUT2D eigenvalue weighted by atomic mass is 16.5. The molecule has 0 radical (unpaired) electrons. The highest BCUT2D eigenvalue weighted by molar-refractivity contribution is 4.87. The molecule has 0 aliphatic carbocycles. The average Bonchev–Trinajstić information content (AvgIpc) is 1.97. The van der Waals surface area contributed by atoms with Crippen LogP contribution in [0.25, 0.3) is 0 Å². The van der Waals surface area contributed by atoms with Crippen molar-refractivity contribution in [2.24, 2.45) is 5.73 Å². The van der Waals surface area contributed by atoms with Gasteiger partial charge in [0.2, 0.25) is 0 Å². The predicted octanol–water partition coefficient (Wildman–Crippen LogP) is -2.23. The highest BCUT2D eigenvalue weighted by Crippen LogP contribution is 2.17. The molecule has 1 unspecified atom stereocenters. The van der Waals surface area contributed by atoms with E-state index in [2.05, 4.69) is 0 Å². The Kier molecular flexibility index (Phi) is 2.46. The van der Waals surface area contributed by atoms with Gasteiger partial charge in [0.1, 0.15) is 24.5 Å². The fraction of sp³-hybridized carbons (Fsp3) is 1.00. The second-order valence-corrected chi connectivity index (χ2v) is 2.78. The quantitative estimate of drug-likeness (QED) is 0.324. The van der Waals surface area contributed by atoms with Crippen molar-refractivity contribution in [1.82, 2.24) is 0 Å². The van der Waals surface area contributed by atoms with Crippen molar-refractivity contribution in [3.63, 3.8) is 0 Å². The predicted molar refractivity (Wildman–Crippen MR) is 36.5 cm³/mol. The third-order valence-electron chi connectivity index (χ3n) is 1.89. The van der Waals surface area contributed by atoms with E-state index in [0.29, 0.717) is 0 Å². The summed E-state index contributed by atoms with van der Waals surface area (Å²) in [5.74, 6) is 0. The number of hydrogen-bond donors (Lipinski definition) is 4. The van der Waals surface area contributed by atoms with Gasteiger partial charge in [-0.25, -0.2) is 0 Å². The third kappa shape index (κ3) is 1.52. The van der Waals surface area contributed by atoms with Crippen LogP contribution in [0.3, 0.4) is 0 Å². The maximum atomic E-state index is 9.14. The van der Waals surface area contributed by atoms with Crippen molar-refractivity contribution in [1.29, 1.82) is 0 Å². The van der Waals surface area contributed by atoms with Gasteiger partial charge in [-0.05, 0) is 6.92 Å². The van der Waals surface area contributed by atoms with Gasteiger partial charge >= 0.3 is 0 Å². The van der Waals surface area contributed by atoms with Crippen LogP contribution >= 0.6 is 0 Å². The molecule has 5 nitrogen and oxygen atoms in total. The summed E-state index contributed by atoms with van der Waals surface area (Å²) >= 11 is 0. The topological polar surface area (TPSA) is 95.9 Å². The van der Waals surface area contributed by atoms with Crippen molar-refractivity contribution in [2.75, 3.05) is 0 Å². The molecule has 0 aromatic carbocycles. The first-order chi connectivity index (χ1) is 5.04. The van der Waals surface area contributed by atoms with Crippen LogP contribution in [0.4, 0.5) is 0 Å². The fourth-order valence-corrected chi connectivity index (χ4v) is 1.08. The number of ether oxygens (including phenoxy) is 1. The zero-order valence-electron chi connectivity index (χ0n) is 6.21. The van der Waals surface area contributed by atoms with Gasteiger partial charge in [-0.15, -0.1) is 0 Å². The number of nitrogens with two attached hydrogens (primary N) is 1. The Morgan fingerprint density at radius 2 is 1.64 bits per heavy atom. The fourth-order valence-electron chi connectivity index (χ4n) is 1.08. The van der Waals surface area contributed by atoms with Crippen molar-refractivity contribution in [2.45, 2.75) is 37.6 Å². The van der Waals surface area contributed by atoms with Crippen molar-refractivity contribution in [3.8, 4) is 0 Å². The Bertz CT molecular complexity index is 129. The maximum absolute atomic E-state index is 9.14. The minimum absolute atomic E-state index is 0.539. The first-order valence-electron chi connectivity index (χ1n) is 3.49. The van der Waals surface area contributed by atoms with E-state index < -0.39 is 30.6 Å². The van der Waals surface area contributed by atoms with Crippen LogP contribution in [-0.2, 0) is 4.74 Å². The van der Waals surface area contributed by atoms with Crippen LogP contribution in [0.5, 0.6) is 0 Å². The third-order valence-corrected chi connectivity index (χ3v) is 1.89. The van der Waals surface area contributed by atoms with Crippen LogP contribution in [0.1, 0.15) is 6.92 Å². The lowest BCUT2D eigenvalue weighted by molar-refractivity contribution is -0.215. The zero-order valence-corrected chi connectivity index (χ0v) is 6.21. The molecule has 5 N–H and O–H groups in total. The van der Waals surface area contributed by atoms with E-state index in [1.807, 2.05) is 0 Å². The molecule has 0 saturated carbocycles. The molecule has 5 heteroatoms. The minimum Gasteiger partial charge on any atom is -0.388 e. The Hall–Kier alpha value is -0.200. The van der Waals surface area contributed by atoms with E-state index >= 15 is 0 Å². The molecule has 1 heterocycles. The maximum Gasteiger partial charge on any atom is 0.135 e. The molecular formula is C6H13NO4. The van der Waals surface area contributed by atoms with Crippen molar-refractivity contribution in [3.05, 3.63) is 0 Å². The summed E-state index contributed by atoms with van der Waals surface area (Å²) in [4.78, 5) is 0. The number of hydrogen-bond acceptors (Lipinski definition) is 5. The summed E-state index contributed by atoms with van der Waals surface area (Å²) in [6.45, 7) is 1.58. The van der Waals surface area contributed by atoms with Gasteiger partial charge in [0.05, 0.1) is 6.10 Å². The smallest absolute Gasteiger partial charge is 0.135 e. The van der Waals surface area contributed by atoms with Crippen LogP contribution in [0.15, 0.2) is 0 Å². The standard InChI is InChI=1S/C6H13NO4/c1-2-3(8)4(9)5(10)6(7)11-2/h2-6,8-10H,7H2,1H3/t2-,3+,4+,5-,6?/m0/s1. The molecule has 0 amide bonds. The number of aliphatic hydroxyl groups is 3. The monoisotopic (exact) mass is 163 g/mol. The first kappa shape index (κ1) is 8.89. The minimum atomic E-state index is -1.21. The van der Waals surface area contributed by atoms with Gasteiger partial charge in [0.15, 0.2) is 0 Å². The average molecular weight is 163 g/mol. The van der Waals surface area contributed by atoms with E-state index in [4.69, 9.17) is 25.8 Å². The van der Waals surface area contributed by atoms with Gasteiger partial charge in [0, 0.05) is 0 Å². The van der Waals surface area contributed by atoms with Crippen LogP contribution < -0.4 is 5.73 Å². The highest BCUT2D eigenvalue weighted by Gasteiger charge is 2.39. The largest absolute Gasteiger partial charge is 0.388 e. The second-order valence-electron chi connectivity index (χ2n) is 2.78. The van der Waals surface area contributed by atoms with Crippen LogP contribution in [-0.4, -0.2) is 46.0 Å². The molecular weight excluding hydrogens is 150 g/mol. The van der Waals surface area contributed by atoms with E-state index in [1.165, 1.54) is 0 Å². The summed E-state index contributed by atoms with van der Waals surface area (Å²) in [5, 5.41) is 27.3. The van der Waals surface area contributed by atoms with Gasteiger partial charge in [-0.2, -0.15) is 0 Å².